The van der Waals surface area contributed by atoms with Gasteiger partial charge in [0, 0.05) is 32.5 Å². The highest BCUT2D eigenvalue weighted by molar-refractivity contribution is 7.92. The molecule has 1 aliphatic heterocycles. The molecule has 2 aromatic rings. The van der Waals surface area contributed by atoms with Gasteiger partial charge < -0.3 is 10.2 Å². The summed E-state index contributed by atoms with van der Waals surface area (Å²) < 4.78 is 65.8. The van der Waals surface area contributed by atoms with Crippen LogP contribution in [0.15, 0.2) is 23.5 Å². The zero-order valence-electron chi connectivity index (χ0n) is 16.7. The van der Waals surface area contributed by atoms with Crippen molar-refractivity contribution in [3.63, 3.8) is 0 Å². The number of carbonyl (C=O) groups is 1. The number of amides is 2. The Balaban J connectivity index is 1.76. The maximum Gasteiger partial charge on any atom is 0.436 e. The fourth-order valence-electron chi connectivity index (χ4n) is 3.66. The Labute approximate surface area is 171 Å². The second kappa shape index (κ2) is 7.60. The van der Waals surface area contributed by atoms with Crippen LogP contribution in [-0.4, -0.2) is 57.2 Å². The van der Waals surface area contributed by atoms with Crippen LogP contribution in [0.5, 0.6) is 0 Å². The summed E-state index contributed by atoms with van der Waals surface area (Å²) in [6, 6.07) is -0.345. The zero-order valence-corrected chi connectivity index (χ0v) is 17.5. The van der Waals surface area contributed by atoms with Crippen LogP contribution >= 0.6 is 0 Å². The normalized spacial score (nSPS) is 16.7. The predicted octanol–water partition coefficient (Wildman–Crippen LogP) is 2.66. The molecule has 2 aromatic heterocycles. The van der Waals surface area contributed by atoms with Crippen LogP contribution in [-0.2, 0) is 23.1 Å². The number of carbonyl (C=O) groups excluding carboxylic acids is 1. The molecule has 13 heteroatoms. The van der Waals surface area contributed by atoms with Crippen molar-refractivity contribution in [2.24, 2.45) is 13.0 Å². The summed E-state index contributed by atoms with van der Waals surface area (Å²) in [7, 11) is -3.10. The molecule has 0 aromatic carbocycles. The van der Waals surface area contributed by atoms with Gasteiger partial charge >= 0.3 is 12.2 Å². The van der Waals surface area contributed by atoms with Crippen molar-refractivity contribution in [2.75, 3.05) is 18.4 Å². The van der Waals surface area contributed by atoms with Crippen LogP contribution in [0.3, 0.4) is 0 Å². The maximum absolute atomic E-state index is 13.3. The number of piperidine rings is 1. The quantitative estimate of drug-likeness (QED) is 0.747. The van der Waals surface area contributed by atoms with Crippen molar-refractivity contribution < 1.29 is 26.4 Å². The molecule has 1 fully saturated rings. The predicted molar refractivity (Wildman–Crippen MR) is 101 cm³/mol. The maximum atomic E-state index is 13.3. The van der Waals surface area contributed by atoms with Crippen molar-refractivity contribution >= 4 is 21.6 Å². The van der Waals surface area contributed by atoms with Gasteiger partial charge in [-0.3, -0.25) is 9.78 Å². The second-order valence-corrected chi connectivity index (χ2v) is 10.3. The first-order valence-corrected chi connectivity index (χ1v) is 10.7. The van der Waals surface area contributed by atoms with E-state index in [1.165, 1.54) is 38.2 Å². The summed E-state index contributed by atoms with van der Waals surface area (Å²) in [6.45, 7) is 3.43. The number of alkyl halides is 3. The molecule has 2 N–H and O–H groups in total. The average Bonchev–Trinajstić information content (AvgIpc) is 3.31. The monoisotopic (exact) mass is 448 g/mol. The molecule has 0 bridgehead atoms. The number of aromatic amines is 1. The van der Waals surface area contributed by atoms with Gasteiger partial charge in [-0.15, -0.1) is 0 Å². The van der Waals surface area contributed by atoms with E-state index in [0.717, 1.165) is 10.9 Å². The van der Waals surface area contributed by atoms with Crippen LogP contribution in [0.4, 0.5) is 23.7 Å². The Kier molecular flexibility index (Phi) is 5.60. The van der Waals surface area contributed by atoms with E-state index in [0.29, 0.717) is 18.5 Å². The van der Waals surface area contributed by atoms with Crippen molar-refractivity contribution in [2.45, 2.75) is 42.5 Å². The SMILES string of the molecule is Cn1cc(S(=O)(=O)C(C)(C)C2CCN(C(=O)Nc3cn[nH]c3)CC2)c(C(F)(F)F)n1. The summed E-state index contributed by atoms with van der Waals surface area (Å²) in [5.74, 6) is -0.429. The zero-order chi connectivity index (χ0) is 22.3. The summed E-state index contributed by atoms with van der Waals surface area (Å²) in [6.07, 6.45) is -0.333. The van der Waals surface area contributed by atoms with Gasteiger partial charge in [0.05, 0.1) is 16.6 Å². The van der Waals surface area contributed by atoms with Gasteiger partial charge in [-0.25, -0.2) is 13.2 Å². The van der Waals surface area contributed by atoms with Crippen molar-refractivity contribution in [3.8, 4) is 0 Å². The molecule has 0 atom stereocenters. The summed E-state index contributed by atoms with van der Waals surface area (Å²) >= 11 is 0. The Hall–Kier alpha value is -2.57. The fraction of sp³-hybridized carbons (Fsp3) is 0.588. The summed E-state index contributed by atoms with van der Waals surface area (Å²) in [4.78, 5) is 13.0. The van der Waals surface area contributed by atoms with Crippen LogP contribution in [0, 0.1) is 5.92 Å². The molecule has 0 unspecified atom stereocenters. The molecular weight excluding hydrogens is 425 g/mol. The third-order valence-corrected chi connectivity index (χ3v) is 8.16. The van der Waals surface area contributed by atoms with Crippen LogP contribution in [0.2, 0.25) is 0 Å². The smallest absolute Gasteiger partial charge is 0.325 e. The molecular formula is C17H23F3N6O3S. The summed E-state index contributed by atoms with van der Waals surface area (Å²) in [5.41, 5.74) is -0.906. The number of aryl methyl sites for hydroxylation is 1. The lowest BCUT2D eigenvalue weighted by Crippen LogP contribution is -2.48. The topological polar surface area (TPSA) is 113 Å². The third kappa shape index (κ3) is 4.02. The molecule has 9 nitrogen and oxygen atoms in total. The number of anilines is 1. The number of halogens is 3. The number of rotatable bonds is 4. The van der Waals surface area contributed by atoms with E-state index < -0.39 is 37.3 Å². The van der Waals surface area contributed by atoms with E-state index in [1.54, 1.807) is 0 Å². The fourth-order valence-corrected chi connectivity index (χ4v) is 5.61. The molecule has 0 saturated carbocycles. The van der Waals surface area contributed by atoms with Gasteiger partial charge in [-0.1, -0.05) is 0 Å². The largest absolute Gasteiger partial charge is 0.436 e. The molecule has 0 aliphatic carbocycles. The minimum Gasteiger partial charge on any atom is -0.325 e. The molecule has 1 aliphatic rings. The minimum absolute atomic E-state index is 0.284. The van der Waals surface area contributed by atoms with E-state index in [2.05, 4.69) is 20.6 Å². The number of hydrogen-bond acceptors (Lipinski definition) is 5. The highest BCUT2D eigenvalue weighted by Crippen LogP contribution is 2.42. The number of nitrogens with zero attached hydrogens (tertiary/aromatic N) is 4. The number of likely N-dealkylation sites (tertiary alicyclic amines) is 1. The van der Waals surface area contributed by atoms with Gasteiger partial charge in [-0.2, -0.15) is 23.4 Å². The first-order chi connectivity index (χ1) is 13.8. The number of hydrogen-bond donors (Lipinski definition) is 2. The Morgan fingerprint density at radius 1 is 1.27 bits per heavy atom. The number of H-pyrrole nitrogens is 1. The molecule has 166 valence electrons. The number of urea groups is 1. The first kappa shape index (κ1) is 22.1. The van der Waals surface area contributed by atoms with Crippen LogP contribution in [0.25, 0.3) is 0 Å². The standard InChI is InChI=1S/C17H23F3N6O3S/c1-16(2,30(28,29)13-10-25(3)24-14(13)17(18,19)20)11-4-6-26(7-5-11)15(27)23-12-8-21-22-9-12/h8-11H,4-7H2,1-3H3,(H,21,22)(H,23,27). The lowest BCUT2D eigenvalue weighted by Gasteiger charge is -2.40. The van der Waals surface area contributed by atoms with Crippen LogP contribution in [0.1, 0.15) is 32.4 Å². The summed E-state index contributed by atoms with van der Waals surface area (Å²) in [5, 5.41) is 12.3. The third-order valence-electron chi connectivity index (χ3n) is 5.56. The van der Waals surface area contributed by atoms with E-state index >= 15 is 0 Å². The molecule has 3 rings (SSSR count). The van der Waals surface area contributed by atoms with Crippen molar-refractivity contribution in [3.05, 3.63) is 24.3 Å². The van der Waals surface area contributed by atoms with E-state index in [1.807, 2.05) is 0 Å². The highest BCUT2D eigenvalue weighted by Gasteiger charge is 2.49. The molecule has 0 spiro atoms. The molecule has 1 saturated heterocycles. The highest BCUT2D eigenvalue weighted by atomic mass is 32.2. The van der Waals surface area contributed by atoms with E-state index in [4.69, 9.17) is 0 Å². The van der Waals surface area contributed by atoms with Crippen LogP contribution < -0.4 is 5.32 Å². The molecule has 2 amide bonds. The van der Waals surface area contributed by atoms with Gasteiger partial charge in [-0.05, 0) is 32.6 Å². The Bertz CT molecular complexity index is 1010. The molecule has 30 heavy (non-hydrogen) atoms. The van der Waals surface area contributed by atoms with Gasteiger partial charge in [0.2, 0.25) is 0 Å². The van der Waals surface area contributed by atoms with Gasteiger partial charge in [0.1, 0.15) is 4.90 Å². The van der Waals surface area contributed by atoms with Crippen molar-refractivity contribution in [1.82, 2.24) is 24.9 Å². The van der Waals surface area contributed by atoms with E-state index in [-0.39, 0.29) is 19.1 Å². The molecule has 3 heterocycles. The number of sulfone groups is 1. The van der Waals surface area contributed by atoms with Gasteiger partial charge in [0.25, 0.3) is 0 Å². The first-order valence-electron chi connectivity index (χ1n) is 9.24. The average molecular weight is 448 g/mol. The Morgan fingerprint density at radius 2 is 1.90 bits per heavy atom. The van der Waals surface area contributed by atoms with Crippen molar-refractivity contribution in [1.29, 1.82) is 0 Å². The minimum atomic E-state index is -4.88. The number of nitrogens with one attached hydrogen (secondary N) is 2. The lowest BCUT2D eigenvalue weighted by atomic mass is 9.86. The number of aromatic nitrogens is 4. The lowest BCUT2D eigenvalue weighted by molar-refractivity contribution is -0.143. The second-order valence-electron chi connectivity index (χ2n) is 7.80. The van der Waals surface area contributed by atoms with E-state index in [9.17, 15) is 26.4 Å². The Morgan fingerprint density at radius 3 is 2.43 bits per heavy atom. The van der Waals surface area contributed by atoms with Gasteiger partial charge in [0.15, 0.2) is 15.5 Å². The molecule has 0 radical (unpaired) electrons.